The van der Waals surface area contributed by atoms with Crippen molar-refractivity contribution in [2.75, 3.05) is 38.0 Å². The number of halogens is 2. The van der Waals surface area contributed by atoms with Gasteiger partial charge in [0.2, 0.25) is 5.95 Å². The molecule has 5 rings (SSSR count). The van der Waals surface area contributed by atoms with Crippen LogP contribution in [0.2, 0.25) is 0 Å². The van der Waals surface area contributed by atoms with Gasteiger partial charge in [0.25, 0.3) is 0 Å². The molecule has 4 aromatic heterocycles. The lowest BCUT2D eigenvalue weighted by Gasteiger charge is -2.33. The van der Waals surface area contributed by atoms with Crippen molar-refractivity contribution < 1.29 is 8.78 Å². The lowest BCUT2D eigenvalue weighted by Crippen LogP contribution is -2.45. The van der Waals surface area contributed by atoms with Crippen LogP contribution in [0, 0.1) is 11.6 Å². The number of aromatic nitrogens is 5. The maximum Gasteiger partial charge on any atom is 0.229 e. The average Bonchev–Trinajstić information content (AvgIpc) is 3.25. The fourth-order valence-corrected chi connectivity index (χ4v) is 4.53. The van der Waals surface area contributed by atoms with Gasteiger partial charge in [0.05, 0.1) is 12.4 Å². The lowest BCUT2D eigenvalue weighted by atomic mass is 10.1. The van der Waals surface area contributed by atoms with Gasteiger partial charge >= 0.3 is 0 Å². The van der Waals surface area contributed by atoms with E-state index in [4.69, 9.17) is 0 Å². The first-order valence-corrected chi connectivity index (χ1v) is 12.3. The zero-order valence-electron chi connectivity index (χ0n) is 20.7. The van der Waals surface area contributed by atoms with E-state index in [0.29, 0.717) is 22.4 Å². The monoisotopic (exact) mass is 492 g/mol. The molecular formula is C26H30F2N8. The Labute approximate surface area is 209 Å². The van der Waals surface area contributed by atoms with Crippen LogP contribution in [0.25, 0.3) is 22.3 Å². The summed E-state index contributed by atoms with van der Waals surface area (Å²) >= 11 is 0. The molecule has 1 aliphatic heterocycles. The van der Waals surface area contributed by atoms with Crippen molar-refractivity contribution >= 4 is 22.8 Å². The summed E-state index contributed by atoms with van der Waals surface area (Å²) in [7, 11) is 0. The molecule has 1 aliphatic rings. The third-order valence-electron chi connectivity index (χ3n) is 6.57. The second-order valence-corrected chi connectivity index (χ2v) is 9.35. The number of hydrogen-bond donors (Lipinski definition) is 1. The average molecular weight is 493 g/mol. The first-order chi connectivity index (χ1) is 17.4. The van der Waals surface area contributed by atoms with Crippen molar-refractivity contribution in [1.29, 1.82) is 0 Å². The van der Waals surface area contributed by atoms with Gasteiger partial charge in [0, 0.05) is 62.1 Å². The van der Waals surface area contributed by atoms with E-state index in [0.717, 1.165) is 57.2 Å². The Morgan fingerprint density at radius 3 is 2.44 bits per heavy atom. The fraction of sp³-hybridized carbons (Fsp3) is 0.385. The molecule has 1 N–H and O–H groups in total. The molecule has 5 heterocycles. The molecule has 0 aromatic carbocycles. The van der Waals surface area contributed by atoms with Crippen molar-refractivity contribution in [3.8, 4) is 11.3 Å². The zero-order valence-corrected chi connectivity index (χ0v) is 20.7. The first kappa shape index (κ1) is 24.2. The lowest BCUT2D eigenvalue weighted by molar-refractivity contribution is 0.132. The summed E-state index contributed by atoms with van der Waals surface area (Å²) in [6.07, 6.45) is 5.86. The van der Waals surface area contributed by atoms with Crippen LogP contribution >= 0.6 is 0 Å². The summed E-state index contributed by atoms with van der Waals surface area (Å²) in [5.41, 5.74) is 2.23. The molecule has 0 unspecified atom stereocenters. The smallest absolute Gasteiger partial charge is 0.229 e. The Hall–Kier alpha value is -3.50. The minimum Gasteiger partial charge on any atom is -0.329 e. The van der Waals surface area contributed by atoms with Crippen LogP contribution in [0.4, 0.5) is 20.5 Å². The highest BCUT2D eigenvalue weighted by atomic mass is 19.1. The van der Waals surface area contributed by atoms with E-state index in [1.54, 1.807) is 6.20 Å². The molecule has 188 valence electrons. The molecule has 0 radical (unpaired) electrons. The molecule has 10 heteroatoms. The summed E-state index contributed by atoms with van der Waals surface area (Å²) in [4.78, 5) is 22.1. The third kappa shape index (κ3) is 5.05. The number of nitrogens with one attached hydrogen (secondary N) is 1. The van der Waals surface area contributed by atoms with Crippen LogP contribution < -0.4 is 5.32 Å². The van der Waals surface area contributed by atoms with Crippen molar-refractivity contribution in [3.63, 3.8) is 0 Å². The number of likely N-dealkylation sites (N-methyl/N-ethyl adjacent to an activating group) is 1. The van der Waals surface area contributed by atoms with Gasteiger partial charge in [-0.25, -0.2) is 28.7 Å². The van der Waals surface area contributed by atoms with Crippen molar-refractivity contribution in [1.82, 2.24) is 34.3 Å². The first-order valence-electron chi connectivity index (χ1n) is 12.3. The number of pyridine rings is 2. The predicted octanol–water partition coefficient (Wildman–Crippen LogP) is 4.63. The molecule has 1 saturated heterocycles. The van der Waals surface area contributed by atoms with Gasteiger partial charge in [0.1, 0.15) is 23.0 Å². The zero-order chi connectivity index (χ0) is 25.2. The van der Waals surface area contributed by atoms with E-state index in [9.17, 15) is 8.78 Å². The van der Waals surface area contributed by atoms with Crippen LogP contribution in [0.1, 0.15) is 32.4 Å². The van der Waals surface area contributed by atoms with Gasteiger partial charge < -0.3 is 14.8 Å². The molecule has 0 bridgehead atoms. The topological polar surface area (TPSA) is 75.0 Å². The van der Waals surface area contributed by atoms with Gasteiger partial charge in [-0.2, -0.15) is 0 Å². The van der Waals surface area contributed by atoms with E-state index < -0.39 is 11.6 Å². The van der Waals surface area contributed by atoms with Gasteiger partial charge in [0.15, 0.2) is 5.82 Å². The standard InChI is InChI=1S/C26H30F2N8/c1-4-34-7-9-35(10-8-34)15-18-5-6-23(29-12-18)32-26-31-14-22(28)24(33-26)21-16-36(17(2)3)25-20(21)11-19(27)13-30-25/h5-6,11-14,16-17H,4,7-10,15H2,1-3H3,(H,29,31,32,33). The molecule has 0 saturated carbocycles. The maximum atomic E-state index is 14.9. The quantitative estimate of drug-likeness (QED) is 0.403. The van der Waals surface area contributed by atoms with Gasteiger partial charge in [-0.3, -0.25) is 4.90 Å². The van der Waals surface area contributed by atoms with Gasteiger partial charge in [-0.15, -0.1) is 0 Å². The second kappa shape index (κ2) is 10.2. The summed E-state index contributed by atoms with van der Waals surface area (Å²) < 4.78 is 30.7. The minimum atomic E-state index is -0.598. The van der Waals surface area contributed by atoms with E-state index in [1.807, 2.05) is 36.7 Å². The Balaban J connectivity index is 1.35. The molecule has 4 aromatic rings. The molecular weight excluding hydrogens is 462 g/mol. The number of piperazine rings is 1. The maximum absolute atomic E-state index is 14.9. The number of hydrogen-bond acceptors (Lipinski definition) is 7. The van der Waals surface area contributed by atoms with Crippen molar-refractivity contribution in [2.24, 2.45) is 0 Å². The molecule has 0 atom stereocenters. The molecule has 0 spiro atoms. The number of anilines is 2. The Morgan fingerprint density at radius 2 is 1.75 bits per heavy atom. The number of nitrogens with zero attached hydrogens (tertiary/aromatic N) is 7. The van der Waals surface area contributed by atoms with E-state index >= 15 is 0 Å². The van der Waals surface area contributed by atoms with Crippen LogP contribution in [0.15, 0.2) is 43.0 Å². The highest BCUT2D eigenvalue weighted by Gasteiger charge is 2.19. The SMILES string of the molecule is CCN1CCN(Cc2ccc(Nc3ncc(F)c(-c4cn(C(C)C)c5ncc(F)cc45)n3)nc2)CC1. The van der Waals surface area contributed by atoms with Crippen molar-refractivity contribution in [2.45, 2.75) is 33.4 Å². The minimum absolute atomic E-state index is 0.0555. The van der Waals surface area contributed by atoms with E-state index in [2.05, 4.69) is 42.0 Å². The normalized spacial score (nSPS) is 15.2. The van der Waals surface area contributed by atoms with Gasteiger partial charge in [-0.05, 0) is 38.1 Å². The highest BCUT2D eigenvalue weighted by molar-refractivity contribution is 5.93. The van der Waals surface area contributed by atoms with E-state index in [-0.39, 0.29) is 17.7 Å². The van der Waals surface area contributed by atoms with E-state index in [1.165, 1.54) is 6.07 Å². The summed E-state index contributed by atoms with van der Waals surface area (Å²) in [6.45, 7) is 12.4. The Kier molecular flexibility index (Phi) is 6.88. The predicted molar refractivity (Wildman–Crippen MR) is 136 cm³/mol. The Bertz CT molecular complexity index is 1340. The van der Waals surface area contributed by atoms with Crippen molar-refractivity contribution in [3.05, 3.63) is 60.2 Å². The van der Waals surface area contributed by atoms with Crippen LogP contribution in [-0.4, -0.2) is 67.0 Å². The second-order valence-electron chi connectivity index (χ2n) is 9.35. The summed E-state index contributed by atoms with van der Waals surface area (Å²) in [5, 5.41) is 3.55. The molecule has 1 fully saturated rings. The number of rotatable bonds is 7. The van der Waals surface area contributed by atoms with Crippen LogP contribution in [0.3, 0.4) is 0 Å². The fourth-order valence-electron chi connectivity index (χ4n) is 4.53. The largest absolute Gasteiger partial charge is 0.329 e. The molecule has 0 amide bonds. The van der Waals surface area contributed by atoms with Crippen LogP contribution in [-0.2, 0) is 6.54 Å². The summed E-state index contributed by atoms with van der Waals surface area (Å²) in [6, 6.07) is 5.30. The summed E-state index contributed by atoms with van der Waals surface area (Å²) in [5.74, 6) is -0.324. The molecule has 8 nitrogen and oxygen atoms in total. The molecule has 0 aliphatic carbocycles. The number of fused-ring (bicyclic) bond motifs is 1. The third-order valence-corrected chi connectivity index (χ3v) is 6.57. The molecule has 36 heavy (non-hydrogen) atoms. The van der Waals surface area contributed by atoms with Crippen LogP contribution in [0.5, 0.6) is 0 Å². The Morgan fingerprint density at radius 1 is 0.972 bits per heavy atom. The highest BCUT2D eigenvalue weighted by Crippen LogP contribution is 2.33. The van der Waals surface area contributed by atoms with Gasteiger partial charge in [-0.1, -0.05) is 13.0 Å².